The van der Waals surface area contributed by atoms with Crippen molar-refractivity contribution in [2.24, 2.45) is 0 Å². The first-order chi connectivity index (χ1) is 12.0. The van der Waals surface area contributed by atoms with Crippen molar-refractivity contribution in [1.82, 2.24) is 10.3 Å². The number of hydrogen-bond donors (Lipinski definition) is 2. The molecule has 2 heterocycles. The number of furan rings is 1. The maximum Gasteiger partial charge on any atom is 0.251 e. The molecule has 1 unspecified atom stereocenters. The number of fused-ring (bicyclic) bond motifs is 1. The molecule has 2 aromatic heterocycles. The van der Waals surface area contributed by atoms with Crippen molar-refractivity contribution in [1.29, 1.82) is 0 Å². The van der Waals surface area contributed by atoms with Gasteiger partial charge in [0.05, 0.1) is 6.04 Å². The van der Waals surface area contributed by atoms with E-state index in [4.69, 9.17) is 9.15 Å². The molecule has 25 heavy (non-hydrogen) atoms. The predicted molar refractivity (Wildman–Crippen MR) is 97.9 cm³/mol. The van der Waals surface area contributed by atoms with Gasteiger partial charge in [0, 0.05) is 35.9 Å². The monoisotopic (exact) mass is 340 g/mol. The van der Waals surface area contributed by atoms with Gasteiger partial charge in [0.1, 0.15) is 11.5 Å². The van der Waals surface area contributed by atoms with E-state index in [1.807, 2.05) is 44.2 Å². The van der Waals surface area contributed by atoms with Gasteiger partial charge in [0.2, 0.25) is 0 Å². The van der Waals surface area contributed by atoms with E-state index in [9.17, 15) is 4.79 Å². The number of H-pyrrole nitrogens is 1. The Bertz CT molecular complexity index is 892. The summed E-state index contributed by atoms with van der Waals surface area (Å²) in [7, 11) is 1.65. The smallest absolute Gasteiger partial charge is 0.251 e. The van der Waals surface area contributed by atoms with Gasteiger partial charge >= 0.3 is 0 Å². The third-order valence-electron chi connectivity index (χ3n) is 4.59. The minimum Gasteiger partial charge on any atom is -0.464 e. The van der Waals surface area contributed by atoms with E-state index in [1.165, 1.54) is 5.56 Å². The SMILES string of the molecule is COCCC(NC(=O)c1ccc2[nH]c(C)c(C)c2c1)c1ccc(C)o1. The highest BCUT2D eigenvalue weighted by molar-refractivity contribution is 5.99. The molecule has 0 aliphatic carbocycles. The van der Waals surface area contributed by atoms with Crippen LogP contribution in [0.4, 0.5) is 0 Å². The third-order valence-corrected chi connectivity index (χ3v) is 4.59. The van der Waals surface area contributed by atoms with E-state index < -0.39 is 0 Å². The van der Waals surface area contributed by atoms with Crippen molar-refractivity contribution < 1.29 is 13.9 Å². The number of nitrogens with one attached hydrogen (secondary N) is 2. The van der Waals surface area contributed by atoms with Crippen LogP contribution in [0.5, 0.6) is 0 Å². The van der Waals surface area contributed by atoms with Crippen molar-refractivity contribution in [2.45, 2.75) is 33.2 Å². The molecule has 1 amide bonds. The molecule has 0 saturated carbocycles. The highest BCUT2D eigenvalue weighted by Crippen LogP contribution is 2.24. The molecule has 0 saturated heterocycles. The fourth-order valence-electron chi connectivity index (χ4n) is 3.01. The molecule has 5 nitrogen and oxygen atoms in total. The van der Waals surface area contributed by atoms with Gasteiger partial charge in [0.25, 0.3) is 5.91 Å². The van der Waals surface area contributed by atoms with Crippen molar-refractivity contribution in [3.63, 3.8) is 0 Å². The fourth-order valence-corrected chi connectivity index (χ4v) is 3.01. The summed E-state index contributed by atoms with van der Waals surface area (Å²) in [5.74, 6) is 1.46. The molecule has 0 radical (unpaired) electrons. The minimum absolute atomic E-state index is 0.115. The number of hydrogen-bond acceptors (Lipinski definition) is 3. The van der Waals surface area contributed by atoms with Crippen LogP contribution < -0.4 is 5.32 Å². The van der Waals surface area contributed by atoms with E-state index in [-0.39, 0.29) is 11.9 Å². The molecule has 2 N–H and O–H groups in total. The minimum atomic E-state index is -0.217. The Morgan fingerprint density at radius 2 is 2.04 bits per heavy atom. The lowest BCUT2D eigenvalue weighted by molar-refractivity contribution is 0.0917. The predicted octanol–water partition coefficient (Wildman–Crippen LogP) is 4.19. The Kier molecular flexibility index (Phi) is 4.95. The Balaban J connectivity index is 1.84. The summed E-state index contributed by atoms with van der Waals surface area (Å²) < 4.78 is 10.9. The molecule has 132 valence electrons. The number of carbonyl (C=O) groups excluding carboxylic acids is 1. The number of amides is 1. The van der Waals surface area contributed by atoms with Gasteiger partial charge < -0.3 is 19.5 Å². The van der Waals surface area contributed by atoms with E-state index in [1.54, 1.807) is 7.11 Å². The second kappa shape index (κ2) is 7.15. The summed E-state index contributed by atoms with van der Waals surface area (Å²) in [5, 5.41) is 4.14. The van der Waals surface area contributed by atoms with E-state index in [0.29, 0.717) is 18.6 Å². The van der Waals surface area contributed by atoms with Crippen LogP contribution in [0.15, 0.2) is 34.7 Å². The second-order valence-corrected chi connectivity index (χ2v) is 6.39. The summed E-state index contributed by atoms with van der Waals surface area (Å²) in [6.45, 7) is 6.53. The van der Waals surface area contributed by atoms with Gasteiger partial charge in [-0.05, 0) is 63.1 Å². The van der Waals surface area contributed by atoms with Crippen LogP contribution in [0.1, 0.15) is 45.6 Å². The number of aromatic amines is 1. The molecule has 3 aromatic rings. The number of benzene rings is 1. The van der Waals surface area contributed by atoms with Crippen molar-refractivity contribution >= 4 is 16.8 Å². The summed E-state index contributed by atoms with van der Waals surface area (Å²) in [4.78, 5) is 16.1. The Morgan fingerprint density at radius 3 is 2.72 bits per heavy atom. The van der Waals surface area contributed by atoms with Gasteiger partial charge in [-0.2, -0.15) is 0 Å². The maximum atomic E-state index is 12.8. The van der Waals surface area contributed by atoms with Crippen LogP contribution in [-0.4, -0.2) is 24.6 Å². The molecular weight excluding hydrogens is 316 g/mol. The fraction of sp³-hybridized carbons (Fsp3) is 0.350. The number of carbonyl (C=O) groups is 1. The Morgan fingerprint density at radius 1 is 1.24 bits per heavy atom. The molecule has 0 aliphatic rings. The van der Waals surface area contributed by atoms with Crippen LogP contribution in [0.2, 0.25) is 0 Å². The summed E-state index contributed by atoms with van der Waals surface area (Å²) in [6.07, 6.45) is 0.653. The number of aromatic nitrogens is 1. The maximum absolute atomic E-state index is 12.8. The number of ether oxygens (including phenoxy) is 1. The highest BCUT2D eigenvalue weighted by atomic mass is 16.5. The largest absolute Gasteiger partial charge is 0.464 e. The lowest BCUT2D eigenvalue weighted by Crippen LogP contribution is -2.29. The number of methoxy groups -OCH3 is 1. The van der Waals surface area contributed by atoms with E-state index in [2.05, 4.69) is 17.2 Å². The normalized spacial score (nSPS) is 12.5. The van der Waals surface area contributed by atoms with Gasteiger partial charge in [0.15, 0.2) is 0 Å². The van der Waals surface area contributed by atoms with Crippen LogP contribution in [-0.2, 0) is 4.74 Å². The zero-order valence-corrected chi connectivity index (χ0v) is 15.1. The first-order valence-electron chi connectivity index (χ1n) is 8.44. The van der Waals surface area contributed by atoms with Crippen molar-refractivity contribution in [3.8, 4) is 0 Å². The molecule has 1 aromatic carbocycles. The molecule has 1 atom stereocenters. The van der Waals surface area contributed by atoms with Crippen molar-refractivity contribution in [2.75, 3.05) is 13.7 Å². The molecule has 0 bridgehead atoms. The lowest BCUT2D eigenvalue weighted by Gasteiger charge is -2.16. The molecular formula is C20H24N2O3. The second-order valence-electron chi connectivity index (χ2n) is 6.39. The molecule has 0 fully saturated rings. The third kappa shape index (κ3) is 3.61. The summed E-state index contributed by atoms with van der Waals surface area (Å²) in [6, 6.07) is 9.31. The van der Waals surface area contributed by atoms with Gasteiger partial charge in [-0.1, -0.05) is 0 Å². The average Bonchev–Trinajstić information content (AvgIpc) is 3.15. The van der Waals surface area contributed by atoms with Crippen LogP contribution in [0.25, 0.3) is 10.9 Å². The van der Waals surface area contributed by atoms with Crippen LogP contribution in [0, 0.1) is 20.8 Å². The summed E-state index contributed by atoms with van der Waals surface area (Å²) >= 11 is 0. The van der Waals surface area contributed by atoms with Crippen LogP contribution in [0.3, 0.4) is 0 Å². The van der Waals surface area contributed by atoms with Gasteiger partial charge in [-0.25, -0.2) is 0 Å². The van der Waals surface area contributed by atoms with Gasteiger partial charge in [-0.15, -0.1) is 0 Å². The molecule has 3 rings (SSSR count). The number of aryl methyl sites for hydroxylation is 3. The quantitative estimate of drug-likeness (QED) is 0.707. The zero-order chi connectivity index (χ0) is 18.0. The van der Waals surface area contributed by atoms with E-state index in [0.717, 1.165) is 28.1 Å². The molecule has 0 spiro atoms. The van der Waals surface area contributed by atoms with Crippen LogP contribution >= 0.6 is 0 Å². The summed E-state index contributed by atoms with van der Waals surface area (Å²) in [5.41, 5.74) is 3.98. The zero-order valence-electron chi connectivity index (χ0n) is 15.1. The topological polar surface area (TPSA) is 67.3 Å². The number of rotatable bonds is 6. The lowest BCUT2D eigenvalue weighted by atomic mass is 10.1. The van der Waals surface area contributed by atoms with Gasteiger partial charge in [-0.3, -0.25) is 4.79 Å². The van der Waals surface area contributed by atoms with E-state index >= 15 is 0 Å². The average molecular weight is 340 g/mol. The highest BCUT2D eigenvalue weighted by Gasteiger charge is 2.19. The first-order valence-corrected chi connectivity index (χ1v) is 8.44. The Hall–Kier alpha value is -2.53. The standard InChI is InChI=1S/C20H24N2O3/c1-12-5-8-19(25-12)18(9-10-24-4)22-20(23)15-6-7-17-16(11-15)13(2)14(3)21-17/h5-8,11,18,21H,9-10H2,1-4H3,(H,22,23). The van der Waals surface area contributed by atoms with Crippen molar-refractivity contribution in [3.05, 3.63) is 58.7 Å². The first kappa shape index (κ1) is 17.3. The Labute approximate surface area is 147 Å². The molecule has 5 heteroatoms. The molecule has 0 aliphatic heterocycles.